The molecule has 0 saturated carbocycles. The topological polar surface area (TPSA) is 48.0 Å². The lowest BCUT2D eigenvalue weighted by molar-refractivity contribution is 0.0362. The van der Waals surface area contributed by atoms with Gasteiger partial charge in [0.05, 0.1) is 0 Å². The zero-order valence-corrected chi connectivity index (χ0v) is 14.2. The average Bonchev–Trinajstić information content (AvgIpc) is 3.15. The van der Waals surface area contributed by atoms with E-state index in [2.05, 4.69) is 0 Å². The minimum Gasteiger partial charge on any atom is -0.454 e. The first-order valence-electron chi connectivity index (χ1n) is 8.57. The first-order chi connectivity index (χ1) is 12.2. The van der Waals surface area contributed by atoms with Crippen molar-refractivity contribution in [2.24, 2.45) is 0 Å². The summed E-state index contributed by atoms with van der Waals surface area (Å²) < 4.78 is 16.2. The maximum Gasteiger partial charge on any atom is 0.253 e. The van der Waals surface area contributed by atoms with Gasteiger partial charge in [0, 0.05) is 31.9 Å². The van der Waals surface area contributed by atoms with E-state index >= 15 is 0 Å². The maximum atomic E-state index is 12.9. The summed E-state index contributed by atoms with van der Waals surface area (Å²) >= 11 is 0. The van der Waals surface area contributed by atoms with E-state index in [1.54, 1.807) is 0 Å². The van der Waals surface area contributed by atoms with Crippen LogP contribution in [0.15, 0.2) is 42.5 Å². The molecule has 0 spiro atoms. The Bertz CT molecular complexity index is 783. The molecule has 2 aromatic rings. The summed E-state index contributed by atoms with van der Waals surface area (Å²) in [7, 11) is 1.88. The third kappa shape index (κ3) is 3.20. The van der Waals surface area contributed by atoms with Crippen molar-refractivity contribution >= 4 is 5.91 Å². The quantitative estimate of drug-likeness (QED) is 0.861. The zero-order valence-electron chi connectivity index (χ0n) is 14.2. The van der Waals surface area contributed by atoms with Crippen molar-refractivity contribution in [1.82, 2.24) is 4.90 Å². The first kappa shape index (κ1) is 16.0. The molecule has 0 N–H and O–H groups in total. The van der Waals surface area contributed by atoms with Gasteiger partial charge in [-0.3, -0.25) is 4.79 Å². The van der Waals surface area contributed by atoms with Crippen molar-refractivity contribution in [1.29, 1.82) is 0 Å². The number of amides is 1. The number of hydrogen-bond donors (Lipinski definition) is 0. The largest absolute Gasteiger partial charge is 0.454 e. The van der Waals surface area contributed by atoms with E-state index < -0.39 is 0 Å². The number of carbonyl (C=O) groups excluding carboxylic acids is 1. The highest BCUT2D eigenvalue weighted by molar-refractivity contribution is 5.95. The fourth-order valence-corrected chi connectivity index (χ4v) is 3.35. The molecule has 130 valence electrons. The lowest BCUT2D eigenvalue weighted by atomic mass is 10.0. The normalized spacial score (nSPS) is 16.7. The van der Waals surface area contributed by atoms with Crippen LogP contribution in [0.4, 0.5) is 0 Å². The molecule has 0 unspecified atom stereocenters. The lowest BCUT2D eigenvalue weighted by Crippen LogP contribution is -2.40. The summed E-state index contributed by atoms with van der Waals surface area (Å²) in [6.45, 7) is 1.70. The van der Waals surface area contributed by atoms with Crippen LogP contribution in [0, 0.1) is 0 Å². The van der Waals surface area contributed by atoms with Crippen LogP contribution in [-0.2, 0) is 4.74 Å². The van der Waals surface area contributed by atoms with Crippen molar-refractivity contribution in [2.45, 2.75) is 18.9 Å². The Kier molecular flexibility index (Phi) is 4.32. The third-order valence-electron chi connectivity index (χ3n) is 4.87. The summed E-state index contributed by atoms with van der Waals surface area (Å²) in [5.41, 5.74) is 2.70. The van der Waals surface area contributed by atoms with Gasteiger partial charge in [-0.1, -0.05) is 18.2 Å². The Morgan fingerprint density at radius 1 is 1.00 bits per heavy atom. The molecule has 0 bridgehead atoms. The van der Waals surface area contributed by atoms with Crippen LogP contribution < -0.4 is 9.47 Å². The number of hydrogen-bond acceptors (Lipinski definition) is 4. The molecule has 0 radical (unpaired) electrons. The number of fused-ring (bicyclic) bond motifs is 1. The second-order valence-corrected chi connectivity index (χ2v) is 6.41. The Morgan fingerprint density at radius 3 is 2.60 bits per heavy atom. The molecule has 2 aromatic carbocycles. The van der Waals surface area contributed by atoms with Crippen LogP contribution in [0.25, 0.3) is 11.1 Å². The Labute approximate surface area is 147 Å². The van der Waals surface area contributed by atoms with Crippen molar-refractivity contribution in [3.63, 3.8) is 0 Å². The highest BCUT2D eigenvalue weighted by Gasteiger charge is 2.23. The van der Waals surface area contributed by atoms with Gasteiger partial charge in [-0.25, -0.2) is 0 Å². The minimum atomic E-state index is 0.0505. The number of benzene rings is 2. The smallest absolute Gasteiger partial charge is 0.253 e. The molecular formula is C20H21NO4. The van der Waals surface area contributed by atoms with Gasteiger partial charge in [-0.05, 0) is 48.2 Å². The molecular weight excluding hydrogens is 318 g/mol. The SMILES string of the molecule is CN(C(=O)c1cccc(-c2ccc3c(c2)OCO3)c1)C1CCOCC1. The Balaban J connectivity index is 1.57. The summed E-state index contributed by atoms with van der Waals surface area (Å²) in [5, 5.41) is 0. The first-order valence-corrected chi connectivity index (χ1v) is 8.57. The van der Waals surface area contributed by atoms with Crippen molar-refractivity contribution < 1.29 is 19.0 Å². The highest BCUT2D eigenvalue weighted by atomic mass is 16.7. The summed E-state index contributed by atoms with van der Waals surface area (Å²) in [6, 6.07) is 13.8. The summed E-state index contributed by atoms with van der Waals surface area (Å²) in [4.78, 5) is 14.7. The molecule has 5 nitrogen and oxygen atoms in total. The average molecular weight is 339 g/mol. The molecule has 25 heavy (non-hydrogen) atoms. The molecule has 1 saturated heterocycles. The van der Waals surface area contributed by atoms with Crippen LogP contribution >= 0.6 is 0 Å². The van der Waals surface area contributed by atoms with Gasteiger partial charge in [0.25, 0.3) is 5.91 Å². The molecule has 0 aliphatic carbocycles. The summed E-state index contributed by atoms with van der Waals surface area (Å²) in [6.07, 6.45) is 1.79. The molecule has 0 atom stereocenters. The number of carbonyl (C=O) groups is 1. The van der Waals surface area contributed by atoms with Gasteiger partial charge in [0.15, 0.2) is 11.5 Å². The predicted molar refractivity (Wildman–Crippen MR) is 93.9 cm³/mol. The third-order valence-corrected chi connectivity index (χ3v) is 4.87. The van der Waals surface area contributed by atoms with E-state index in [9.17, 15) is 4.79 Å². The van der Waals surface area contributed by atoms with E-state index in [0.29, 0.717) is 5.56 Å². The Hall–Kier alpha value is -2.53. The van der Waals surface area contributed by atoms with Gasteiger partial charge in [-0.2, -0.15) is 0 Å². The second-order valence-electron chi connectivity index (χ2n) is 6.41. The molecule has 2 aliphatic heterocycles. The van der Waals surface area contributed by atoms with Crippen molar-refractivity contribution in [2.75, 3.05) is 27.1 Å². The van der Waals surface area contributed by atoms with Crippen LogP contribution in [0.3, 0.4) is 0 Å². The zero-order chi connectivity index (χ0) is 17.2. The number of nitrogens with zero attached hydrogens (tertiary/aromatic N) is 1. The fraction of sp³-hybridized carbons (Fsp3) is 0.350. The molecule has 0 aromatic heterocycles. The van der Waals surface area contributed by atoms with E-state index in [4.69, 9.17) is 14.2 Å². The van der Waals surface area contributed by atoms with Crippen LogP contribution in [-0.4, -0.2) is 43.9 Å². The van der Waals surface area contributed by atoms with Crippen molar-refractivity contribution in [3.05, 3.63) is 48.0 Å². The van der Waals surface area contributed by atoms with Gasteiger partial charge in [0.2, 0.25) is 6.79 Å². The highest BCUT2D eigenvalue weighted by Crippen LogP contribution is 2.36. The number of rotatable bonds is 3. The molecule has 5 heteroatoms. The second kappa shape index (κ2) is 6.76. The van der Waals surface area contributed by atoms with Gasteiger partial charge in [-0.15, -0.1) is 0 Å². The van der Waals surface area contributed by atoms with E-state index in [1.165, 1.54) is 0 Å². The number of ether oxygens (including phenoxy) is 3. The van der Waals surface area contributed by atoms with Crippen LogP contribution in [0.2, 0.25) is 0 Å². The van der Waals surface area contributed by atoms with Crippen LogP contribution in [0.5, 0.6) is 11.5 Å². The maximum absolute atomic E-state index is 12.9. The van der Waals surface area contributed by atoms with Gasteiger partial charge in [0.1, 0.15) is 0 Å². The predicted octanol–water partition coefficient (Wildman–Crippen LogP) is 3.33. The monoisotopic (exact) mass is 339 g/mol. The molecule has 2 heterocycles. The molecule has 4 rings (SSSR count). The molecule has 1 fully saturated rings. The van der Waals surface area contributed by atoms with Crippen molar-refractivity contribution in [3.8, 4) is 22.6 Å². The summed E-state index contributed by atoms with van der Waals surface area (Å²) in [5.74, 6) is 1.55. The fourth-order valence-electron chi connectivity index (χ4n) is 3.35. The standard InChI is InChI=1S/C20H21NO4/c1-21(17-7-9-23-10-8-17)20(22)16-4-2-3-14(11-16)15-5-6-18-19(12-15)25-13-24-18/h2-6,11-12,17H,7-10,13H2,1H3. The van der Waals surface area contributed by atoms with Crippen LogP contribution in [0.1, 0.15) is 23.2 Å². The van der Waals surface area contributed by atoms with E-state index in [1.807, 2.05) is 54.4 Å². The van der Waals surface area contributed by atoms with Gasteiger partial charge >= 0.3 is 0 Å². The lowest BCUT2D eigenvalue weighted by Gasteiger charge is -2.31. The van der Waals surface area contributed by atoms with E-state index in [-0.39, 0.29) is 18.7 Å². The Morgan fingerprint density at radius 2 is 1.76 bits per heavy atom. The molecule has 1 amide bonds. The molecule has 2 aliphatic rings. The van der Waals surface area contributed by atoms with Gasteiger partial charge < -0.3 is 19.1 Å². The van der Waals surface area contributed by atoms with E-state index in [0.717, 1.165) is 48.7 Å². The minimum absolute atomic E-state index is 0.0505.